The van der Waals surface area contributed by atoms with Crippen molar-refractivity contribution in [2.45, 2.75) is 32.4 Å². The van der Waals surface area contributed by atoms with E-state index in [1.807, 2.05) is 25.1 Å². The van der Waals surface area contributed by atoms with Crippen LogP contribution in [0.3, 0.4) is 0 Å². The third kappa shape index (κ3) is 2.41. The van der Waals surface area contributed by atoms with Crippen LogP contribution in [-0.2, 0) is 6.54 Å². The van der Waals surface area contributed by atoms with Gasteiger partial charge in [0.2, 0.25) is 0 Å². The first kappa shape index (κ1) is 12.8. The summed E-state index contributed by atoms with van der Waals surface area (Å²) in [6, 6.07) is 9.62. The Kier molecular flexibility index (Phi) is 3.22. The Labute approximate surface area is 117 Å². The molecule has 2 aromatic rings. The molecule has 1 N–H and O–H groups in total. The lowest BCUT2D eigenvalue weighted by atomic mass is 10.1. The molecule has 3 rings (SSSR count). The molecular weight excluding hydrogens is 254 g/mol. The average molecular weight is 271 g/mol. The maximum absolute atomic E-state index is 11.5. The minimum Gasteiger partial charge on any atom is -0.478 e. The lowest BCUT2D eigenvalue weighted by molar-refractivity contribution is 0.0697. The van der Waals surface area contributed by atoms with Crippen molar-refractivity contribution in [2.24, 2.45) is 0 Å². The summed E-state index contributed by atoms with van der Waals surface area (Å²) in [6.45, 7) is 2.57. The van der Waals surface area contributed by atoms with Gasteiger partial charge in [0.15, 0.2) is 0 Å². The number of aromatic carboxylic acids is 1. The fourth-order valence-electron chi connectivity index (χ4n) is 2.56. The van der Waals surface area contributed by atoms with E-state index in [0.717, 1.165) is 29.9 Å². The van der Waals surface area contributed by atoms with E-state index < -0.39 is 5.97 Å². The molecule has 0 radical (unpaired) electrons. The highest BCUT2D eigenvalue weighted by Gasteiger charge is 2.32. The molecule has 1 saturated carbocycles. The lowest BCUT2D eigenvalue weighted by Crippen LogP contribution is -2.27. The molecule has 104 valence electrons. The molecule has 0 unspecified atom stereocenters. The van der Waals surface area contributed by atoms with Gasteiger partial charge in [0.05, 0.1) is 24.1 Å². The van der Waals surface area contributed by atoms with Gasteiger partial charge < -0.3 is 14.4 Å². The number of carbonyl (C=O) groups is 1. The smallest absolute Gasteiger partial charge is 0.337 e. The van der Waals surface area contributed by atoms with E-state index in [2.05, 4.69) is 4.90 Å². The van der Waals surface area contributed by atoms with Gasteiger partial charge >= 0.3 is 5.97 Å². The number of furan rings is 1. The zero-order valence-electron chi connectivity index (χ0n) is 11.4. The average Bonchev–Trinajstić information content (AvgIpc) is 3.13. The van der Waals surface area contributed by atoms with Crippen molar-refractivity contribution in [3.8, 4) is 0 Å². The van der Waals surface area contributed by atoms with E-state index in [1.165, 1.54) is 0 Å². The van der Waals surface area contributed by atoms with Gasteiger partial charge in [-0.15, -0.1) is 0 Å². The first-order chi connectivity index (χ1) is 9.66. The minimum absolute atomic E-state index is 0.364. The first-order valence-corrected chi connectivity index (χ1v) is 6.78. The topological polar surface area (TPSA) is 53.7 Å². The molecule has 1 fully saturated rings. The zero-order chi connectivity index (χ0) is 14.1. The standard InChI is InChI=1S/C16H17NO3/c1-11-4-2-6-14(16(18)19)15(11)17(12-7-8-12)10-13-5-3-9-20-13/h2-6,9,12H,7-8,10H2,1H3,(H,18,19). The lowest BCUT2D eigenvalue weighted by Gasteiger charge is -2.27. The van der Waals surface area contributed by atoms with Crippen LogP contribution in [0, 0.1) is 6.92 Å². The third-order valence-electron chi connectivity index (χ3n) is 3.65. The number of hydrogen-bond acceptors (Lipinski definition) is 3. The van der Waals surface area contributed by atoms with Crippen molar-refractivity contribution in [1.82, 2.24) is 0 Å². The molecule has 0 amide bonds. The van der Waals surface area contributed by atoms with Gasteiger partial charge in [0, 0.05) is 6.04 Å². The van der Waals surface area contributed by atoms with Gasteiger partial charge in [-0.3, -0.25) is 0 Å². The number of carboxylic acid groups (broad SMARTS) is 1. The molecule has 0 atom stereocenters. The Balaban J connectivity index is 2.01. The second kappa shape index (κ2) is 5.04. The van der Waals surface area contributed by atoms with Gasteiger partial charge in [-0.25, -0.2) is 4.79 Å². The maximum Gasteiger partial charge on any atom is 0.337 e. The molecule has 20 heavy (non-hydrogen) atoms. The first-order valence-electron chi connectivity index (χ1n) is 6.78. The van der Waals surface area contributed by atoms with Crippen LogP contribution in [0.5, 0.6) is 0 Å². The number of carboxylic acids is 1. The van der Waals surface area contributed by atoms with E-state index in [9.17, 15) is 9.90 Å². The highest BCUT2D eigenvalue weighted by Crippen LogP contribution is 2.37. The van der Waals surface area contributed by atoms with Crippen LogP contribution in [-0.4, -0.2) is 17.1 Å². The zero-order valence-corrected chi connectivity index (χ0v) is 11.4. The predicted octanol–water partition coefficient (Wildman–Crippen LogP) is 3.46. The molecule has 0 saturated heterocycles. The van der Waals surface area contributed by atoms with E-state index in [4.69, 9.17) is 4.42 Å². The number of anilines is 1. The van der Waals surface area contributed by atoms with Crippen molar-refractivity contribution in [3.05, 3.63) is 53.5 Å². The molecule has 1 aliphatic rings. The fourth-order valence-corrected chi connectivity index (χ4v) is 2.56. The van der Waals surface area contributed by atoms with Crippen molar-refractivity contribution in [1.29, 1.82) is 0 Å². The van der Waals surface area contributed by atoms with E-state index in [-0.39, 0.29) is 0 Å². The summed E-state index contributed by atoms with van der Waals surface area (Å²) in [5.74, 6) is -0.0229. The molecule has 4 heteroatoms. The molecule has 0 spiro atoms. The molecule has 4 nitrogen and oxygen atoms in total. The summed E-state index contributed by atoms with van der Waals surface area (Å²) < 4.78 is 5.41. The third-order valence-corrected chi connectivity index (χ3v) is 3.65. The van der Waals surface area contributed by atoms with E-state index in [1.54, 1.807) is 18.4 Å². The SMILES string of the molecule is Cc1cccc(C(=O)O)c1N(Cc1ccco1)C1CC1. The summed E-state index contributed by atoms with van der Waals surface area (Å²) in [7, 11) is 0. The molecule has 0 aliphatic heterocycles. The van der Waals surface area contributed by atoms with Crippen LogP contribution in [0.15, 0.2) is 41.0 Å². The van der Waals surface area contributed by atoms with Gasteiger partial charge in [-0.2, -0.15) is 0 Å². The van der Waals surface area contributed by atoms with Crippen LogP contribution in [0.4, 0.5) is 5.69 Å². The Morgan fingerprint density at radius 3 is 2.75 bits per heavy atom. The van der Waals surface area contributed by atoms with Crippen LogP contribution in [0.25, 0.3) is 0 Å². The van der Waals surface area contributed by atoms with Crippen LogP contribution >= 0.6 is 0 Å². The summed E-state index contributed by atoms with van der Waals surface area (Å²) in [4.78, 5) is 13.6. The molecule has 1 aromatic carbocycles. The second-order valence-corrected chi connectivity index (χ2v) is 5.21. The molecule has 1 aromatic heterocycles. The number of rotatable bonds is 5. The van der Waals surface area contributed by atoms with Gasteiger partial charge in [-0.1, -0.05) is 12.1 Å². The van der Waals surface area contributed by atoms with Crippen molar-refractivity contribution >= 4 is 11.7 Å². The van der Waals surface area contributed by atoms with Crippen molar-refractivity contribution in [3.63, 3.8) is 0 Å². The predicted molar refractivity (Wildman–Crippen MR) is 76.1 cm³/mol. The number of para-hydroxylation sites is 1. The quantitative estimate of drug-likeness (QED) is 0.904. The molecule has 1 aliphatic carbocycles. The van der Waals surface area contributed by atoms with Gasteiger partial charge in [0.1, 0.15) is 5.76 Å². The normalized spacial score (nSPS) is 14.2. The summed E-state index contributed by atoms with van der Waals surface area (Å²) in [5, 5.41) is 9.42. The van der Waals surface area contributed by atoms with Gasteiger partial charge in [0.25, 0.3) is 0 Å². The second-order valence-electron chi connectivity index (χ2n) is 5.21. The Morgan fingerprint density at radius 1 is 1.35 bits per heavy atom. The Morgan fingerprint density at radius 2 is 2.15 bits per heavy atom. The number of hydrogen-bond donors (Lipinski definition) is 1. The van der Waals surface area contributed by atoms with Crippen LogP contribution < -0.4 is 4.90 Å². The monoisotopic (exact) mass is 271 g/mol. The number of aryl methyl sites for hydroxylation is 1. The van der Waals surface area contributed by atoms with E-state index >= 15 is 0 Å². The Hall–Kier alpha value is -2.23. The molecule has 0 bridgehead atoms. The maximum atomic E-state index is 11.5. The minimum atomic E-state index is -0.881. The highest BCUT2D eigenvalue weighted by molar-refractivity contribution is 5.95. The van der Waals surface area contributed by atoms with Gasteiger partial charge in [-0.05, 0) is 43.5 Å². The number of benzene rings is 1. The van der Waals surface area contributed by atoms with Crippen LogP contribution in [0.2, 0.25) is 0 Å². The van der Waals surface area contributed by atoms with E-state index in [0.29, 0.717) is 18.2 Å². The molecule has 1 heterocycles. The summed E-state index contributed by atoms with van der Waals surface area (Å²) in [5.41, 5.74) is 2.17. The fraction of sp³-hybridized carbons (Fsp3) is 0.312. The molecular formula is C16H17NO3. The largest absolute Gasteiger partial charge is 0.478 e. The number of nitrogens with zero attached hydrogens (tertiary/aromatic N) is 1. The Bertz CT molecular complexity index is 615. The van der Waals surface area contributed by atoms with Crippen molar-refractivity contribution in [2.75, 3.05) is 4.90 Å². The summed E-state index contributed by atoms with van der Waals surface area (Å²) >= 11 is 0. The van der Waals surface area contributed by atoms with Crippen LogP contribution in [0.1, 0.15) is 34.5 Å². The van der Waals surface area contributed by atoms with Crippen molar-refractivity contribution < 1.29 is 14.3 Å². The summed E-state index contributed by atoms with van der Waals surface area (Å²) in [6.07, 6.45) is 3.86. The highest BCUT2D eigenvalue weighted by atomic mass is 16.4.